The molecule has 1 rings (SSSR count). The Hall–Kier alpha value is -0.0400. The van der Waals surface area contributed by atoms with Crippen molar-refractivity contribution in [3.8, 4) is 0 Å². The van der Waals surface area contributed by atoms with Crippen LogP contribution in [0, 0.1) is 11.8 Å². The lowest BCUT2D eigenvalue weighted by molar-refractivity contribution is 0.216. The van der Waals surface area contributed by atoms with Gasteiger partial charge < -0.3 is 5.32 Å². The van der Waals surface area contributed by atoms with Crippen molar-refractivity contribution >= 4 is 0 Å². The van der Waals surface area contributed by atoms with E-state index in [-0.39, 0.29) is 0 Å². The third-order valence-electron chi connectivity index (χ3n) is 3.96. The van der Waals surface area contributed by atoms with Crippen LogP contribution in [0.5, 0.6) is 0 Å². The maximum absolute atomic E-state index is 3.37. The summed E-state index contributed by atoms with van der Waals surface area (Å²) in [6.45, 7) is 3.54. The number of hydrogen-bond acceptors (Lipinski definition) is 1. The van der Waals surface area contributed by atoms with Crippen molar-refractivity contribution in [1.82, 2.24) is 5.32 Å². The van der Waals surface area contributed by atoms with Crippen LogP contribution in [0.25, 0.3) is 0 Å². The minimum Gasteiger partial charge on any atom is -0.319 e. The minimum absolute atomic E-state index is 0.977. The van der Waals surface area contributed by atoms with Gasteiger partial charge in [-0.25, -0.2) is 0 Å². The van der Waals surface area contributed by atoms with Crippen LogP contribution in [0.2, 0.25) is 0 Å². The average molecular weight is 211 g/mol. The predicted octanol–water partition coefficient (Wildman–Crippen LogP) is 3.98. The molecule has 15 heavy (non-hydrogen) atoms. The molecule has 0 aromatic carbocycles. The SMILES string of the molecule is CCCCCCC1CCCCC1CNC. The van der Waals surface area contributed by atoms with Crippen LogP contribution in [0.15, 0.2) is 0 Å². The van der Waals surface area contributed by atoms with Crippen LogP contribution in [0.1, 0.15) is 64.7 Å². The van der Waals surface area contributed by atoms with Crippen molar-refractivity contribution < 1.29 is 0 Å². The molecule has 1 aliphatic carbocycles. The number of rotatable bonds is 7. The normalized spacial score (nSPS) is 26.8. The third-order valence-corrected chi connectivity index (χ3v) is 3.96. The summed E-state index contributed by atoms with van der Waals surface area (Å²) in [7, 11) is 2.10. The van der Waals surface area contributed by atoms with Crippen molar-refractivity contribution in [1.29, 1.82) is 0 Å². The van der Waals surface area contributed by atoms with Gasteiger partial charge in [0.25, 0.3) is 0 Å². The second-order valence-electron chi connectivity index (χ2n) is 5.21. The van der Waals surface area contributed by atoms with Gasteiger partial charge in [0, 0.05) is 0 Å². The molecule has 1 heteroatoms. The van der Waals surface area contributed by atoms with E-state index in [0.29, 0.717) is 0 Å². The van der Waals surface area contributed by atoms with E-state index in [1.165, 1.54) is 64.3 Å². The van der Waals surface area contributed by atoms with Crippen molar-refractivity contribution in [2.24, 2.45) is 11.8 Å². The van der Waals surface area contributed by atoms with Gasteiger partial charge >= 0.3 is 0 Å². The fourth-order valence-electron chi connectivity index (χ4n) is 3.03. The number of unbranched alkanes of at least 4 members (excludes halogenated alkanes) is 3. The molecule has 1 N–H and O–H groups in total. The van der Waals surface area contributed by atoms with Crippen molar-refractivity contribution in [2.75, 3.05) is 13.6 Å². The molecule has 1 fully saturated rings. The molecule has 0 aromatic rings. The van der Waals surface area contributed by atoms with Gasteiger partial charge in [0.1, 0.15) is 0 Å². The van der Waals surface area contributed by atoms with Gasteiger partial charge in [-0.15, -0.1) is 0 Å². The summed E-state index contributed by atoms with van der Waals surface area (Å²) < 4.78 is 0. The molecule has 1 nitrogen and oxygen atoms in total. The quantitative estimate of drug-likeness (QED) is 0.628. The Morgan fingerprint density at radius 3 is 2.40 bits per heavy atom. The second kappa shape index (κ2) is 8.15. The fraction of sp³-hybridized carbons (Fsp3) is 1.00. The van der Waals surface area contributed by atoms with Crippen molar-refractivity contribution in [2.45, 2.75) is 64.7 Å². The second-order valence-corrected chi connectivity index (χ2v) is 5.21. The van der Waals surface area contributed by atoms with Crippen molar-refractivity contribution in [3.05, 3.63) is 0 Å². The first-order valence-corrected chi connectivity index (χ1v) is 7.03. The molecular formula is C14H29N. The Kier molecular flexibility index (Phi) is 7.08. The van der Waals surface area contributed by atoms with E-state index in [4.69, 9.17) is 0 Å². The number of hydrogen-bond donors (Lipinski definition) is 1. The van der Waals surface area contributed by atoms with E-state index in [1.807, 2.05) is 0 Å². The summed E-state index contributed by atoms with van der Waals surface area (Å²) in [6.07, 6.45) is 13.1. The van der Waals surface area contributed by atoms with E-state index < -0.39 is 0 Å². The molecule has 2 atom stereocenters. The van der Waals surface area contributed by atoms with Crippen LogP contribution in [0.3, 0.4) is 0 Å². The summed E-state index contributed by atoms with van der Waals surface area (Å²) in [5, 5.41) is 3.37. The average Bonchev–Trinajstić information content (AvgIpc) is 2.27. The zero-order chi connectivity index (χ0) is 10.9. The lowest BCUT2D eigenvalue weighted by Crippen LogP contribution is -2.28. The van der Waals surface area contributed by atoms with Gasteiger partial charge in [-0.3, -0.25) is 0 Å². The highest BCUT2D eigenvalue weighted by atomic mass is 14.8. The summed E-state index contributed by atoms with van der Waals surface area (Å²) in [5.41, 5.74) is 0. The molecular weight excluding hydrogens is 182 g/mol. The summed E-state index contributed by atoms with van der Waals surface area (Å²) >= 11 is 0. The van der Waals surface area contributed by atoms with Gasteiger partial charge in [0.15, 0.2) is 0 Å². The summed E-state index contributed by atoms with van der Waals surface area (Å²) in [5.74, 6) is 2.01. The highest BCUT2D eigenvalue weighted by Crippen LogP contribution is 2.33. The highest BCUT2D eigenvalue weighted by Gasteiger charge is 2.23. The van der Waals surface area contributed by atoms with Crippen LogP contribution >= 0.6 is 0 Å². The van der Waals surface area contributed by atoms with Gasteiger partial charge in [-0.1, -0.05) is 58.3 Å². The molecule has 1 aliphatic rings. The fourth-order valence-corrected chi connectivity index (χ4v) is 3.03. The van der Waals surface area contributed by atoms with Crippen molar-refractivity contribution in [3.63, 3.8) is 0 Å². The summed E-state index contributed by atoms with van der Waals surface area (Å²) in [4.78, 5) is 0. The smallest absolute Gasteiger partial charge is 0.00209 e. The third kappa shape index (κ3) is 5.01. The van der Waals surface area contributed by atoms with Gasteiger partial charge in [-0.05, 0) is 31.8 Å². The van der Waals surface area contributed by atoms with Gasteiger partial charge in [-0.2, -0.15) is 0 Å². The van der Waals surface area contributed by atoms with Gasteiger partial charge in [0.05, 0.1) is 0 Å². The van der Waals surface area contributed by atoms with E-state index in [1.54, 1.807) is 0 Å². The van der Waals surface area contributed by atoms with Crippen LogP contribution < -0.4 is 5.32 Å². The first-order chi connectivity index (χ1) is 7.38. The standard InChI is InChI=1S/C14H29N/c1-3-4-5-6-9-13-10-7-8-11-14(13)12-15-2/h13-15H,3-12H2,1-2H3. The molecule has 0 bridgehead atoms. The van der Waals surface area contributed by atoms with E-state index >= 15 is 0 Å². The first kappa shape index (κ1) is 13.0. The minimum atomic E-state index is 0.977. The van der Waals surface area contributed by atoms with E-state index in [9.17, 15) is 0 Å². The molecule has 2 unspecified atom stereocenters. The molecule has 1 saturated carbocycles. The molecule has 0 aliphatic heterocycles. The molecule has 0 aromatic heterocycles. The molecule has 0 amide bonds. The maximum atomic E-state index is 3.37. The summed E-state index contributed by atoms with van der Waals surface area (Å²) in [6, 6.07) is 0. The number of nitrogens with one attached hydrogen (secondary N) is 1. The zero-order valence-corrected chi connectivity index (χ0v) is 10.7. The largest absolute Gasteiger partial charge is 0.319 e. The maximum Gasteiger partial charge on any atom is -0.00209 e. The molecule has 0 spiro atoms. The first-order valence-electron chi connectivity index (χ1n) is 7.03. The lowest BCUT2D eigenvalue weighted by atomic mass is 9.76. The monoisotopic (exact) mass is 211 g/mol. The molecule has 0 saturated heterocycles. The predicted molar refractivity (Wildman–Crippen MR) is 68.1 cm³/mol. The van der Waals surface area contributed by atoms with E-state index in [0.717, 1.165) is 11.8 Å². The Balaban J connectivity index is 2.17. The van der Waals surface area contributed by atoms with Crippen LogP contribution in [-0.2, 0) is 0 Å². The molecule has 90 valence electrons. The Labute approximate surface area is 96.0 Å². The van der Waals surface area contributed by atoms with Crippen LogP contribution in [-0.4, -0.2) is 13.6 Å². The topological polar surface area (TPSA) is 12.0 Å². The zero-order valence-electron chi connectivity index (χ0n) is 10.7. The van der Waals surface area contributed by atoms with E-state index in [2.05, 4.69) is 19.3 Å². The molecule has 0 radical (unpaired) electrons. The Bertz CT molecular complexity index is 142. The Morgan fingerprint density at radius 1 is 1.00 bits per heavy atom. The highest BCUT2D eigenvalue weighted by molar-refractivity contribution is 4.76. The van der Waals surface area contributed by atoms with Crippen LogP contribution in [0.4, 0.5) is 0 Å². The lowest BCUT2D eigenvalue weighted by Gasteiger charge is -2.31. The molecule has 0 heterocycles. The van der Waals surface area contributed by atoms with Gasteiger partial charge in [0.2, 0.25) is 0 Å². The Morgan fingerprint density at radius 2 is 1.73 bits per heavy atom.